The molecular formula is C31H30FN3O2S. The Kier molecular flexibility index (Phi) is 7.94. The fraction of sp³-hybridized carbons (Fsp3) is 0.258. The SMILES string of the molecule is Cc1ccc(NC(=O)c2csc(C3CCN(C(=O)CCc4ccccc4F)CC3)n2)c(-c2ccccc2)c1. The predicted octanol–water partition coefficient (Wildman–Crippen LogP) is 6.85. The van der Waals surface area contributed by atoms with Gasteiger partial charge in [0.1, 0.15) is 11.5 Å². The molecule has 0 unspecified atom stereocenters. The summed E-state index contributed by atoms with van der Waals surface area (Å²) >= 11 is 1.50. The Morgan fingerprint density at radius 3 is 2.53 bits per heavy atom. The molecule has 5 rings (SSSR count). The molecule has 4 aromatic rings. The van der Waals surface area contributed by atoms with Gasteiger partial charge in [-0.15, -0.1) is 11.3 Å². The molecular weight excluding hydrogens is 497 g/mol. The number of hydrogen-bond donors (Lipinski definition) is 1. The Hall–Kier alpha value is -3.84. The molecule has 0 bridgehead atoms. The van der Waals surface area contributed by atoms with Gasteiger partial charge >= 0.3 is 0 Å². The number of amides is 2. The number of piperidine rings is 1. The van der Waals surface area contributed by atoms with Crippen LogP contribution in [0, 0.1) is 12.7 Å². The molecule has 0 spiro atoms. The zero-order valence-corrected chi connectivity index (χ0v) is 22.1. The van der Waals surface area contributed by atoms with Crippen LogP contribution in [0.5, 0.6) is 0 Å². The number of halogens is 1. The topological polar surface area (TPSA) is 62.3 Å². The maximum atomic E-state index is 13.9. The van der Waals surface area contributed by atoms with E-state index in [1.165, 1.54) is 17.4 Å². The summed E-state index contributed by atoms with van der Waals surface area (Å²) in [6.07, 6.45) is 2.31. The van der Waals surface area contributed by atoms with E-state index in [2.05, 4.69) is 16.4 Å². The summed E-state index contributed by atoms with van der Waals surface area (Å²) in [5.41, 5.74) is 4.87. The van der Waals surface area contributed by atoms with E-state index >= 15 is 0 Å². The molecule has 0 radical (unpaired) electrons. The quantitative estimate of drug-likeness (QED) is 0.286. The average Bonchev–Trinajstić information content (AvgIpc) is 3.45. The average molecular weight is 528 g/mol. The summed E-state index contributed by atoms with van der Waals surface area (Å²) in [5, 5.41) is 5.79. The minimum atomic E-state index is -0.263. The van der Waals surface area contributed by atoms with E-state index in [0.717, 1.165) is 40.2 Å². The van der Waals surface area contributed by atoms with Crippen molar-refractivity contribution in [2.45, 2.75) is 38.5 Å². The third kappa shape index (κ3) is 6.00. The van der Waals surface area contributed by atoms with E-state index in [-0.39, 0.29) is 23.5 Å². The minimum absolute atomic E-state index is 0.0539. The molecule has 38 heavy (non-hydrogen) atoms. The summed E-state index contributed by atoms with van der Waals surface area (Å²) in [7, 11) is 0. The first kappa shape index (κ1) is 25.8. The van der Waals surface area contributed by atoms with Gasteiger partial charge in [-0.25, -0.2) is 9.37 Å². The lowest BCUT2D eigenvalue weighted by atomic mass is 9.97. The van der Waals surface area contributed by atoms with Crippen molar-refractivity contribution in [1.82, 2.24) is 9.88 Å². The van der Waals surface area contributed by atoms with E-state index in [1.54, 1.807) is 18.2 Å². The molecule has 2 amide bonds. The number of nitrogens with zero attached hydrogens (tertiary/aromatic N) is 2. The number of benzene rings is 3. The highest BCUT2D eigenvalue weighted by atomic mass is 32.1. The van der Waals surface area contributed by atoms with Crippen LogP contribution in [0.15, 0.2) is 78.2 Å². The van der Waals surface area contributed by atoms with E-state index in [0.29, 0.717) is 37.2 Å². The molecule has 1 N–H and O–H groups in total. The van der Waals surface area contributed by atoms with Crippen molar-refractivity contribution < 1.29 is 14.0 Å². The van der Waals surface area contributed by atoms with Crippen molar-refractivity contribution in [2.24, 2.45) is 0 Å². The Labute approximate surface area is 226 Å². The van der Waals surface area contributed by atoms with Gasteiger partial charge in [0.2, 0.25) is 5.91 Å². The third-order valence-corrected chi connectivity index (χ3v) is 8.03. The largest absolute Gasteiger partial charge is 0.343 e. The Balaban J connectivity index is 1.18. The molecule has 1 saturated heterocycles. The van der Waals surface area contributed by atoms with Crippen molar-refractivity contribution in [1.29, 1.82) is 0 Å². The highest BCUT2D eigenvalue weighted by Gasteiger charge is 2.26. The lowest BCUT2D eigenvalue weighted by Crippen LogP contribution is -2.38. The Bertz CT molecular complexity index is 1430. The van der Waals surface area contributed by atoms with E-state index in [1.807, 2.05) is 59.7 Å². The molecule has 0 saturated carbocycles. The van der Waals surface area contributed by atoms with Crippen LogP contribution in [0.2, 0.25) is 0 Å². The smallest absolute Gasteiger partial charge is 0.275 e. The van der Waals surface area contributed by atoms with Gasteiger partial charge in [-0.1, -0.05) is 60.2 Å². The molecule has 1 fully saturated rings. The second kappa shape index (κ2) is 11.7. The lowest BCUT2D eigenvalue weighted by Gasteiger charge is -2.31. The number of rotatable bonds is 7. The van der Waals surface area contributed by atoms with E-state index < -0.39 is 0 Å². The Morgan fingerprint density at radius 2 is 1.76 bits per heavy atom. The number of likely N-dealkylation sites (tertiary alicyclic amines) is 1. The van der Waals surface area contributed by atoms with E-state index in [4.69, 9.17) is 0 Å². The predicted molar refractivity (Wildman–Crippen MR) is 150 cm³/mol. The second-order valence-corrected chi connectivity index (χ2v) is 10.6. The van der Waals surface area contributed by atoms with Gasteiger partial charge in [-0.05, 0) is 55.5 Å². The normalized spacial score (nSPS) is 13.9. The molecule has 194 valence electrons. The van der Waals surface area contributed by atoms with Crippen LogP contribution >= 0.6 is 11.3 Å². The van der Waals surface area contributed by atoms with Crippen molar-refractivity contribution in [2.75, 3.05) is 18.4 Å². The van der Waals surface area contributed by atoms with Gasteiger partial charge in [-0.2, -0.15) is 0 Å². The van der Waals surface area contributed by atoms with Gasteiger partial charge in [0.05, 0.1) is 5.01 Å². The molecule has 2 heterocycles. The number of carbonyl (C=O) groups is 2. The summed E-state index contributed by atoms with van der Waals surface area (Å²) < 4.78 is 13.9. The molecule has 3 aromatic carbocycles. The van der Waals surface area contributed by atoms with Crippen molar-refractivity contribution in [3.63, 3.8) is 0 Å². The fourth-order valence-electron chi connectivity index (χ4n) is 4.87. The number of nitrogens with one attached hydrogen (secondary N) is 1. The highest BCUT2D eigenvalue weighted by Crippen LogP contribution is 2.32. The first-order valence-electron chi connectivity index (χ1n) is 12.9. The summed E-state index contributed by atoms with van der Waals surface area (Å²) in [4.78, 5) is 32.3. The van der Waals surface area contributed by atoms with Gasteiger partial charge in [0, 0.05) is 42.1 Å². The number of hydrogen-bond acceptors (Lipinski definition) is 4. The number of carbonyl (C=O) groups excluding carboxylic acids is 2. The zero-order valence-electron chi connectivity index (χ0n) is 21.3. The minimum Gasteiger partial charge on any atom is -0.343 e. The number of aryl methyl sites for hydroxylation is 2. The van der Waals surface area contributed by atoms with Crippen LogP contribution in [-0.4, -0.2) is 34.8 Å². The molecule has 7 heteroatoms. The number of aromatic nitrogens is 1. The van der Waals surface area contributed by atoms with Gasteiger partial charge in [0.15, 0.2) is 0 Å². The monoisotopic (exact) mass is 527 g/mol. The highest BCUT2D eigenvalue weighted by molar-refractivity contribution is 7.10. The molecule has 1 aliphatic heterocycles. The van der Waals surface area contributed by atoms with Gasteiger partial charge in [-0.3, -0.25) is 9.59 Å². The standard InChI is InChI=1S/C31H30FN3O2S/c1-21-11-13-27(25(19-21)22-7-3-2-4-8-22)33-30(37)28-20-38-31(34-28)24-15-17-35(18-16-24)29(36)14-12-23-9-5-6-10-26(23)32/h2-11,13,19-20,24H,12,14-18H2,1H3,(H,33,37). The number of thiazole rings is 1. The van der Waals surface area contributed by atoms with Crippen LogP contribution in [0.3, 0.4) is 0 Å². The fourth-order valence-corrected chi connectivity index (χ4v) is 5.84. The summed E-state index contributed by atoms with van der Waals surface area (Å²) in [6, 6.07) is 22.6. The van der Waals surface area contributed by atoms with Crippen molar-refractivity contribution >= 4 is 28.8 Å². The third-order valence-electron chi connectivity index (χ3n) is 7.03. The van der Waals surface area contributed by atoms with Crippen molar-refractivity contribution in [3.05, 3.63) is 106 Å². The first-order chi connectivity index (χ1) is 18.5. The summed E-state index contributed by atoms with van der Waals surface area (Å²) in [6.45, 7) is 3.32. The van der Waals surface area contributed by atoms with Crippen LogP contribution in [0.25, 0.3) is 11.1 Å². The molecule has 5 nitrogen and oxygen atoms in total. The second-order valence-electron chi connectivity index (χ2n) is 9.69. The molecule has 1 aromatic heterocycles. The van der Waals surface area contributed by atoms with Crippen LogP contribution in [-0.2, 0) is 11.2 Å². The van der Waals surface area contributed by atoms with Gasteiger partial charge < -0.3 is 10.2 Å². The van der Waals surface area contributed by atoms with Crippen molar-refractivity contribution in [3.8, 4) is 11.1 Å². The van der Waals surface area contributed by atoms with Crippen LogP contribution in [0.4, 0.5) is 10.1 Å². The molecule has 1 aliphatic rings. The van der Waals surface area contributed by atoms with E-state index in [9.17, 15) is 14.0 Å². The van der Waals surface area contributed by atoms with Crippen LogP contribution < -0.4 is 5.32 Å². The Morgan fingerprint density at radius 1 is 1.03 bits per heavy atom. The number of anilines is 1. The maximum Gasteiger partial charge on any atom is 0.275 e. The lowest BCUT2D eigenvalue weighted by molar-refractivity contribution is -0.132. The molecule has 0 atom stereocenters. The van der Waals surface area contributed by atoms with Crippen LogP contribution in [0.1, 0.15) is 51.8 Å². The van der Waals surface area contributed by atoms with Gasteiger partial charge in [0.25, 0.3) is 5.91 Å². The first-order valence-corrected chi connectivity index (χ1v) is 13.8. The zero-order chi connectivity index (χ0) is 26.5. The summed E-state index contributed by atoms with van der Waals surface area (Å²) in [5.74, 6) is -0.217. The molecule has 0 aliphatic carbocycles. The maximum absolute atomic E-state index is 13.9.